The van der Waals surface area contributed by atoms with Crippen LogP contribution in [0.25, 0.3) is 0 Å². The first-order valence-corrected chi connectivity index (χ1v) is 9.42. The van der Waals surface area contributed by atoms with Crippen LogP contribution >= 0.6 is 7.60 Å². The lowest BCUT2D eigenvalue weighted by Gasteiger charge is -2.33. The van der Waals surface area contributed by atoms with E-state index in [4.69, 9.17) is 13.8 Å². The van der Waals surface area contributed by atoms with Crippen LogP contribution in [0.1, 0.15) is 51.4 Å². The molecule has 0 saturated heterocycles. The van der Waals surface area contributed by atoms with Crippen LogP contribution in [0.5, 0.6) is 5.75 Å². The highest BCUT2D eigenvalue weighted by atomic mass is 31.2. The second-order valence-corrected chi connectivity index (χ2v) is 8.70. The highest BCUT2D eigenvalue weighted by Gasteiger charge is 2.49. The summed E-state index contributed by atoms with van der Waals surface area (Å²) in [6.07, 6.45) is -1.27. The molecule has 0 aliphatic rings. The van der Waals surface area contributed by atoms with Gasteiger partial charge in [0.05, 0.1) is 31.3 Å². The molecule has 24 heavy (non-hydrogen) atoms. The van der Waals surface area contributed by atoms with Gasteiger partial charge in [0.2, 0.25) is 0 Å². The van der Waals surface area contributed by atoms with Gasteiger partial charge in [-0.1, -0.05) is 12.1 Å². The number of para-hydroxylation sites is 1. The van der Waals surface area contributed by atoms with E-state index >= 15 is 0 Å². The minimum Gasteiger partial charge on any atom is -0.496 e. The fourth-order valence-corrected chi connectivity index (χ4v) is 4.13. The second-order valence-electron chi connectivity index (χ2n) is 6.32. The zero-order valence-electron chi connectivity index (χ0n) is 15.1. The highest BCUT2D eigenvalue weighted by Crippen LogP contribution is 2.61. The summed E-state index contributed by atoms with van der Waals surface area (Å²) < 4.78 is 29.1. The zero-order chi connectivity index (χ0) is 18.5. The molecule has 6 nitrogen and oxygen atoms in total. The second kappa shape index (κ2) is 8.26. The van der Waals surface area contributed by atoms with Crippen LogP contribution in [-0.4, -0.2) is 35.5 Å². The third-order valence-corrected chi connectivity index (χ3v) is 5.93. The van der Waals surface area contributed by atoms with Crippen molar-refractivity contribution < 1.29 is 28.3 Å². The molecule has 0 aliphatic heterocycles. The third kappa shape index (κ3) is 5.15. The van der Waals surface area contributed by atoms with Crippen molar-refractivity contribution >= 4 is 13.4 Å². The van der Waals surface area contributed by atoms with Gasteiger partial charge in [0, 0.05) is 0 Å². The van der Waals surface area contributed by atoms with E-state index in [1.54, 1.807) is 52.0 Å². The van der Waals surface area contributed by atoms with Gasteiger partial charge in [0.25, 0.3) is 0 Å². The Kier molecular flexibility index (Phi) is 7.17. The lowest BCUT2D eigenvalue weighted by atomic mass is 10.0. The number of benzene rings is 1. The monoisotopic (exact) mass is 358 g/mol. The number of Topliss-reactive ketones (excluding diaryl/α,β-unsaturated/α-hetero) is 1. The van der Waals surface area contributed by atoms with Crippen molar-refractivity contribution in [3.05, 3.63) is 29.8 Å². The van der Waals surface area contributed by atoms with Crippen molar-refractivity contribution in [2.45, 2.75) is 58.6 Å². The molecule has 0 aromatic heterocycles. The summed E-state index contributed by atoms with van der Waals surface area (Å²) in [6, 6.07) is 6.67. The minimum absolute atomic E-state index is 0.306. The summed E-state index contributed by atoms with van der Waals surface area (Å²) in [7, 11) is -2.48. The Hall–Kier alpha value is -1.20. The van der Waals surface area contributed by atoms with E-state index in [1.165, 1.54) is 14.0 Å². The Morgan fingerprint density at radius 1 is 1.17 bits per heavy atom. The van der Waals surface area contributed by atoms with E-state index in [1.807, 2.05) is 0 Å². The third-order valence-electron chi connectivity index (χ3n) is 3.19. The Balaban J connectivity index is 3.11. The Morgan fingerprint density at radius 2 is 1.67 bits per heavy atom. The van der Waals surface area contributed by atoms with Crippen molar-refractivity contribution in [3.8, 4) is 5.75 Å². The van der Waals surface area contributed by atoms with Crippen molar-refractivity contribution in [2.75, 3.05) is 7.11 Å². The van der Waals surface area contributed by atoms with E-state index in [9.17, 15) is 14.5 Å². The summed E-state index contributed by atoms with van der Waals surface area (Å²) in [5, 5.41) is 8.79. The number of carbonyl (C=O) groups excluding carboxylic acids is 1. The molecule has 1 rings (SSSR count). The lowest BCUT2D eigenvalue weighted by molar-refractivity contribution is 0.0458. The molecular formula is C17H27O6P. The van der Waals surface area contributed by atoms with Gasteiger partial charge >= 0.3 is 7.60 Å². The molecule has 0 heterocycles. The van der Waals surface area contributed by atoms with Gasteiger partial charge in [-0.25, -0.2) is 0 Å². The van der Waals surface area contributed by atoms with Crippen LogP contribution in [0.2, 0.25) is 0 Å². The van der Waals surface area contributed by atoms with E-state index in [0.29, 0.717) is 11.3 Å². The topological polar surface area (TPSA) is 82.1 Å². The predicted molar refractivity (Wildman–Crippen MR) is 92.6 cm³/mol. The fraction of sp³-hybridized carbons (Fsp3) is 0.588. The molecule has 0 radical (unpaired) electrons. The maximum atomic E-state index is 13.1. The van der Waals surface area contributed by atoms with Crippen LogP contribution in [-0.2, 0) is 13.6 Å². The van der Waals surface area contributed by atoms with Crippen LogP contribution in [0.15, 0.2) is 24.3 Å². The maximum Gasteiger partial charge on any atom is 0.362 e. The smallest absolute Gasteiger partial charge is 0.362 e. The predicted octanol–water partition coefficient (Wildman–Crippen LogP) is 4.02. The SMILES string of the molecule is COc1ccccc1C(=O)C[C@](C)(O)P(=O)(OC(C)C)OC(C)C. The van der Waals surface area contributed by atoms with Gasteiger partial charge in [0.15, 0.2) is 11.1 Å². The molecule has 0 spiro atoms. The lowest BCUT2D eigenvalue weighted by Crippen LogP contribution is -2.32. The van der Waals surface area contributed by atoms with Crippen molar-refractivity contribution in [2.24, 2.45) is 0 Å². The molecule has 0 unspecified atom stereocenters. The van der Waals surface area contributed by atoms with E-state index in [-0.39, 0.29) is 0 Å². The number of hydrogen-bond acceptors (Lipinski definition) is 6. The van der Waals surface area contributed by atoms with Gasteiger partial charge in [-0.3, -0.25) is 9.36 Å². The molecule has 0 amide bonds. The van der Waals surface area contributed by atoms with E-state index in [2.05, 4.69) is 0 Å². The van der Waals surface area contributed by atoms with Crippen molar-refractivity contribution in [3.63, 3.8) is 0 Å². The quantitative estimate of drug-likeness (QED) is 0.530. The molecule has 0 bridgehead atoms. The number of rotatable bonds is 9. The number of ketones is 1. The Bertz CT molecular complexity index is 595. The largest absolute Gasteiger partial charge is 0.496 e. The zero-order valence-corrected chi connectivity index (χ0v) is 16.0. The average molecular weight is 358 g/mol. The molecule has 1 N–H and O–H groups in total. The molecule has 1 atom stereocenters. The van der Waals surface area contributed by atoms with Crippen LogP contribution in [0, 0.1) is 0 Å². The first kappa shape index (κ1) is 20.8. The van der Waals surface area contributed by atoms with Gasteiger partial charge in [-0.05, 0) is 46.8 Å². The number of carbonyl (C=O) groups is 1. The first-order valence-electron chi connectivity index (χ1n) is 7.88. The first-order chi connectivity index (χ1) is 11.0. The number of methoxy groups -OCH3 is 1. The van der Waals surface area contributed by atoms with Gasteiger partial charge in [-0.15, -0.1) is 0 Å². The summed E-state index contributed by atoms with van der Waals surface area (Å²) in [4.78, 5) is 12.6. The Morgan fingerprint density at radius 3 is 2.12 bits per heavy atom. The molecule has 1 aromatic carbocycles. The summed E-state index contributed by atoms with van der Waals surface area (Å²) in [5.41, 5.74) is 0.306. The minimum atomic E-state index is -3.94. The van der Waals surface area contributed by atoms with Crippen LogP contribution in [0.4, 0.5) is 0 Å². The molecule has 7 heteroatoms. The van der Waals surface area contributed by atoms with Gasteiger partial charge in [0.1, 0.15) is 5.75 Å². The molecule has 0 aliphatic carbocycles. The standard InChI is InChI=1S/C17H27O6P/c1-12(2)22-24(20,23-13(3)4)17(5,19)11-15(18)14-9-7-8-10-16(14)21-6/h7-10,12-13,19H,11H2,1-6H3/t17-/m1/s1. The Labute approximate surface area is 143 Å². The highest BCUT2D eigenvalue weighted by molar-refractivity contribution is 7.55. The van der Waals surface area contributed by atoms with Gasteiger partial charge in [-0.2, -0.15) is 0 Å². The number of aliphatic hydroxyl groups is 1. The average Bonchev–Trinajstić information content (AvgIpc) is 2.44. The molecule has 1 aromatic rings. The van der Waals surface area contributed by atoms with Crippen molar-refractivity contribution in [1.29, 1.82) is 0 Å². The summed E-state index contributed by atoms with van der Waals surface area (Å²) >= 11 is 0. The molecular weight excluding hydrogens is 331 g/mol. The maximum absolute atomic E-state index is 13.1. The summed E-state index contributed by atoms with van der Waals surface area (Å²) in [6.45, 7) is 8.05. The molecule has 0 saturated carbocycles. The number of ether oxygens (including phenoxy) is 1. The van der Waals surface area contributed by atoms with E-state index < -0.39 is 37.3 Å². The van der Waals surface area contributed by atoms with Crippen LogP contribution in [0.3, 0.4) is 0 Å². The molecule has 0 fully saturated rings. The van der Waals surface area contributed by atoms with Crippen LogP contribution < -0.4 is 4.74 Å². The number of hydrogen-bond donors (Lipinski definition) is 1. The van der Waals surface area contributed by atoms with Crippen molar-refractivity contribution in [1.82, 2.24) is 0 Å². The molecule has 136 valence electrons. The summed E-state index contributed by atoms with van der Waals surface area (Å²) in [5.74, 6) is -0.0138. The normalized spacial score (nSPS) is 14.7. The van der Waals surface area contributed by atoms with Gasteiger partial charge < -0.3 is 18.9 Å². The van der Waals surface area contributed by atoms with E-state index in [0.717, 1.165) is 0 Å². The fourth-order valence-electron chi connectivity index (χ4n) is 2.18.